The molecular formula is C10H11NO3S. The summed E-state index contributed by atoms with van der Waals surface area (Å²) >= 11 is 0. The Labute approximate surface area is 88.6 Å². The summed E-state index contributed by atoms with van der Waals surface area (Å²) in [5, 5.41) is 0. The van der Waals surface area contributed by atoms with Crippen LogP contribution in [0, 0.1) is 0 Å². The third kappa shape index (κ3) is 3.01. The number of nitrogens with zero attached hydrogens (tertiary/aromatic N) is 1. The fourth-order valence-electron chi connectivity index (χ4n) is 1.15. The van der Waals surface area contributed by atoms with Gasteiger partial charge >= 0.3 is 0 Å². The van der Waals surface area contributed by atoms with Crippen LogP contribution in [-0.2, 0) is 14.6 Å². The summed E-state index contributed by atoms with van der Waals surface area (Å²) in [7, 11) is -3.17. The lowest BCUT2D eigenvalue weighted by Crippen LogP contribution is -1.97. The fourth-order valence-corrected chi connectivity index (χ4v) is 1.78. The molecule has 5 heteroatoms. The zero-order valence-corrected chi connectivity index (χ0v) is 9.28. The molecule has 1 aromatic carbocycles. The highest BCUT2D eigenvalue weighted by atomic mass is 32.2. The number of isocyanates is 1. The molecule has 1 rings (SSSR count). The van der Waals surface area contributed by atoms with Gasteiger partial charge in [-0.2, -0.15) is 4.99 Å². The average molecular weight is 225 g/mol. The molecular weight excluding hydrogens is 214 g/mol. The van der Waals surface area contributed by atoms with E-state index in [9.17, 15) is 13.2 Å². The van der Waals surface area contributed by atoms with Gasteiger partial charge < -0.3 is 0 Å². The van der Waals surface area contributed by atoms with Crippen molar-refractivity contribution in [2.75, 3.05) is 6.26 Å². The molecule has 80 valence electrons. The van der Waals surface area contributed by atoms with Gasteiger partial charge in [0.05, 0.1) is 10.9 Å². The van der Waals surface area contributed by atoms with Gasteiger partial charge in [0, 0.05) is 6.26 Å². The molecule has 1 aromatic rings. The first-order chi connectivity index (χ1) is 6.95. The molecule has 0 heterocycles. The predicted octanol–water partition coefficient (Wildman–Crippen LogP) is 1.49. The first-order valence-electron chi connectivity index (χ1n) is 4.32. The van der Waals surface area contributed by atoms with E-state index in [1.165, 1.54) is 18.2 Å². The molecule has 0 aliphatic carbocycles. The van der Waals surface area contributed by atoms with Crippen LogP contribution in [0.25, 0.3) is 0 Å². The van der Waals surface area contributed by atoms with E-state index in [2.05, 4.69) is 4.99 Å². The number of sulfone groups is 1. The molecule has 0 radical (unpaired) electrons. The van der Waals surface area contributed by atoms with E-state index in [1.54, 1.807) is 19.1 Å². The van der Waals surface area contributed by atoms with Crippen molar-refractivity contribution in [3.63, 3.8) is 0 Å². The van der Waals surface area contributed by atoms with Crippen molar-refractivity contribution >= 4 is 15.9 Å². The fraction of sp³-hybridized carbons (Fsp3) is 0.300. The van der Waals surface area contributed by atoms with Crippen molar-refractivity contribution in [2.45, 2.75) is 17.9 Å². The highest BCUT2D eigenvalue weighted by molar-refractivity contribution is 7.90. The maximum Gasteiger partial charge on any atom is 0.235 e. The van der Waals surface area contributed by atoms with Gasteiger partial charge in [0.1, 0.15) is 0 Å². The molecule has 0 saturated carbocycles. The molecule has 1 unspecified atom stereocenters. The lowest BCUT2D eigenvalue weighted by Gasteiger charge is -2.04. The molecule has 0 aliphatic rings. The maximum atomic E-state index is 11.2. The molecule has 0 bridgehead atoms. The van der Waals surface area contributed by atoms with Crippen molar-refractivity contribution < 1.29 is 13.2 Å². The molecule has 0 spiro atoms. The Morgan fingerprint density at radius 2 is 1.80 bits per heavy atom. The van der Waals surface area contributed by atoms with E-state index in [-0.39, 0.29) is 10.9 Å². The van der Waals surface area contributed by atoms with Crippen LogP contribution in [0.4, 0.5) is 0 Å². The summed E-state index contributed by atoms with van der Waals surface area (Å²) in [4.78, 5) is 13.8. The monoisotopic (exact) mass is 225 g/mol. The lowest BCUT2D eigenvalue weighted by atomic mass is 10.1. The topological polar surface area (TPSA) is 63.6 Å². The van der Waals surface area contributed by atoms with Crippen molar-refractivity contribution in [2.24, 2.45) is 4.99 Å². The SMILES string of the molecule is CC(N=C=O)c1ccc(S(C)(=O)=O)cc1. The van der Waals surface area contributed by atoms with E-state index >= 15 is 0 Å². The molecule has 0 N–H and O–H groups in total. The Bertz CT molecular complexity index is 484. The molecule has 0 fully saturated rings. The second kappa shape index (κ2) is 4.38. The number of hydrogen-bond acceptors (Lipinski definition) is 4. The second-order valence-corrected chi connectivity index (χ2v) is 5.25. The van der Waals surface area contributed by atoms with E-state index in [0.29, 0.717) is 0 Å². The maximum absolute atomic E-state index is 11.2. The number of carbonyl (C=O) groups excluding carboxylic acids is 1. The minimum atomic E-state index is -3.17. The van der Waals surface area contributed by atoms with Gasteiger partial charge in [-0.1, -0.05) is 12.1 Å². The third-order valence-corrected chi connectivity index (χ3v) is 3.17. The Kier molecular flexibility index (Phi) is 3.39. The third-order valence-electron chi connectivity index (χ3n) is 2.04. The first-order valence-corrected chi connectivity index (χ1v) is 6.21. The Morgan fingerprint density at radius 1 is 1.27 bits per heavy atom. The highest BCUT2D eigenvalue weighted by Crippen LogP contribution is 2.18. The number of benzene rings is 1. The van der Waals surface area contributed by atoms with Gasteiger partial charge in [-0.05, 0) is 24.6 Å². The zero-order chi connectivity index (χ0) is 11.5. The van der Waals surface area contributed by atoms with Crippen LogP contribution >= 0.6 is 0 Å². The molecule has 0 saturated heterocycles. The molecule has 0 amide bonds. The quantitative estimate of drug-likeness (QED) is 0.578. The van der Waals surface area contributed by atoms with Crippen LogP contribution in [0.5, 0.6) is 0 Å². The first kappa shape index (κ1) is 11.6. The van der Waals surface area contributed by atoms with Crippen LogP contribution in [0.15, 0.2) is 34.2 Å². The number of hydrogen-bond donors (Lipinski definition) is 0. The normalized spacial score (nSPS) is 12.9. The van der Waals surface area contributed by atoms with Gasteiger partial charge in [-0.3, -0.25) is 0 Å². The summed E-state index contributed by atoms with van der Waals surface area (Å²) in [5.74, 6) is 0. The van der Waals surface area contributed by atoms with Crippen molar-refractivity contribution in [1.82, 2.24) is 0 Å². The van der Waals surface area contributed by atoms with Crippen LogP contribution in [0.3, 0.4) is 0 Å². The van der Waals surface area contributed by atoms with Gasteiger partial charge in [0.25, 0.3) is 0 Å². The molecule has 0 aliphatic heterocycles. The van der Waals surface area contributed by atoms with Crippen LogP contribution in [0.2, 0.25) is 0 Å². The minimum absolute atomic E-state index is 0.258. The molecule has 15 heavy (non-hydrogen) atoms. The average Bonchev–Trinajstić information content (AvgIpc) is 2.17. The molecule has 1 atom stereocenters. The van der Waals surface area contributed by atoms with Crippen LogP contribution in [0.1, 0.15) is 18.5 Å². The van der Waals surface area contributed by atoms with E-state index in [1.807, 2.05) is 0 Å². The van der Waals surface area contributed by atoms with Crippen molar-refractivity contribution in [1.29, 1.82) is 0 Å². The molecule has 4 nitrogen and oxygen atoms in total. The number of aliphatic imine (C=N–C) groups is 1. The van der Waals surface area contributed by atoms with E-state index in [0.717, 1.165) is 11.8 Å². The van der Waals surface area contributed by atoms with Gasteiger partial charge in [0.2, 0.25) is 6.08 Å². The van der Waals surface area contributed by atoms with Gasteiger partial charge in [0.15, 0.2) is 9.84 Å². The summed E-state index contributed by atoms with van der Waals surface area (Å²) in [6, 6.07) is 5.99. The summed E-state index contributed by atoms with van der Waals surface area (Å²) in [5.41, 5.74) is 0.783. The lowest BCUT2D eigenvalue weighted by molar-refractivity contribution is 0.559. The van der Waals surface area contributed by atoms with Crippen molar-refractivity contribution in [3.8, 4) is 0 Å². The second-order valence-electron chi connectivity index (χ2n) is 3.24. The van der Waals surface area contributed by atoms with Crippen LogP contribution < -0.4 is 0 Å². The Morgan fingerprint density at radius 3 is 2.20 bits per heavy atom. The van der Waals surface area contributed by atoms with Crippen LogP contribution in [-0.4, -0.2) is 20.8 Å². The standard InChI is InChI=1S/C10H11NO3S/c1-8(11-7-12)9-3-5-10(6-4-9)15(2,13)14/h3-6,8H,1-2H3. The van der Waals surface area contributed by atoms with Gasteiger partial charge in [-0.15, -0.1) is 0 Å². The summed E-state index contributed by atoms with van der Waals surface area (Å²) in [6.07, 6.45) is 2.62. The Hall–Kier alpha value is -1.45. The van der Waals surface area contributed by atoms with Gasteiger partial charge in [-0.25, -0.2) is 13.2 Å². The number of rotatable bonds is 3. The predicted molar refractivity (Wildman–Crippen MR) is 56.1 cm³/mol. The van der Waals surface area contributed by atoms with Crippen molar-refractivity contribution in [3.05, 3.63) is 29.8 Å². The molecule has 0 aromatic heterocycles. The smallest absolute Gasteiger partial charge is 0.224 e. The minimum Gasteiger partial charge on any atom is -0.224 e. The van der Waals surface area contributed by atoms with E-state index < -0.39 is 9.84 Å². The largest absolute Gasteiger partial charge is 0.235 e. The van der Waals surface area contributed by atoms with E-state index in [4.69, 9.17) is 0 Å². The summed E-state index contributed by atoms with van der Waals surface area (Å²) < 4.78 is 22.3. The summed E-state index contributed by atoms with van der Waals surface area (Å²) in [6.45, 7) is 1.74. The Balaban J connectivity index is 3.05. The highest BCUT2D eigenvalue weighted by Gasteiger charge is 2.08. The zero-order valence-electron chi connectivity index (χ0n) is 8.47.